The highest BCUT2D eigenvalue weighted by molar-refractivity contribution is 5.87. The molecule has 23 heavy (non-hydrogen) atoms. The van der Waals surface area contributed by atoms with E-state index in [1.165, 1.54) is 12.8 Å². The van der Waals surface area contributed by atoms with Crippen molar-refractivity contribution in [3.05, 3.63) is 11.6 Å². The number of hydrogen-bond donors (Lipinski definition) is 2. The maximum Gasteiger partial charge on any atom is 0.331 e. The minimum absolute atomic E-state index is 0.100. The third-order valence-electron chi connectivity index (χ3n) is 6.84. The van der Waals surface area contributed by atoms with E-state index in [0.717, 1.165) is 32.1 Å². The van der Waals surface area contributed by atoms with Crippen LogP contribution >= 0.6 is 0 Å². The lowest BCUT2D eigenvalue weighted by molar-refractivity contribution is -0.135. The van der Waals surface area contributed by atoms with Gasteiger partial charge in [0.1, 0.15) is 0 Å². The molecular weight excluding hydrogens is 288 g/mol. The van der Waals surface area contributed by atoms with E-state index >= 15 is 0 Å². The molecule has 3 nitrogen and oxygen atoms in total. The predicted octanol–water partition coefficient (Wildman–Crippen LogP) is 4.65. The molecule has 2 N–H and O–H groups in total. The Morgan fingerprint density at radius 1 is 1.30 bits per heavy atom. The second-order valence-electron chi connectivity index (χ2n) is 8.85. The van der Waals surface area contributed by atoms with Gasteiger partial charge in [-0.05, 0) is 60.7 Å². The number of carboxylic acid groups (broad SMARTS) is 1. The number of hydrogen-bond acceptors (Lipinski definition) is 2. The lowest BCUT2D eigenvalue weighted by Gasteiger charge is -2.56. The number of carbonyl (C=O) groups is 1. The van der Waals surface area contributed by atoms with Gasteiger partial charge in [0.15, 0.2) is 0 Å². The molecule has 0 radical (unpaired) electrons. The molecule has 2 aliphatic carbocycles. The number of fused-ring (bicyclic) bond motifs is 1. The topological polar surface area (TPSA) is 57.5 Å². The van der Waals surface area contributed by atoms with Crippen LogP contribution in [0.15, 0.2) is 11.6 Å². The SMILES string of the molecule is C[C@H](CCO)CC[C@H]1C(C(=O)O)=CC[C@H]2C(C)(C)CCC[C@]12C. The van der Waals surface area contributed by atoms with Crippen molar-refractivity contribution < 1.29 is 15.0 Å². The molecule has 0 aromatic carbocycles. The smallest absolute Gasteiger partial charge is 0.331 e. The molecule has 1 saturated carbocycles. The van der Waals surface area contributed by atoms with Crippen LogP contribution in [0, 0.1) is 28.6 Å². The molecule has 0 aliphatic heterocycles. The summed E-state index contributed by atoms with van der Waals surface area (Å²) in [4.78, 5) is 11.8. The van der Waals surface area contributed by atoms with Gasteiger partial charge in [0.25, 0.3) is 0 Å². The molecule has 3 heteroatoms. The molecule has 0 bridgehead atoms. The van der Waals surface area contributed by atoms with Crippen molar-refractivity contribution in [1.29, 1.82) is 0 Å². The lowest BCUT2D eigenvalue weighted by atomic mass is 9.48. The maximum absolute atomic E-state index is 11.8. The van der Waals surface area contributed by atoms with Crippen LogP contribution in [0.25, 0.3) is 0 Å². The first-order chi connectivity index (χ1) is 10.7. The molecule has 0 spiro atoms. The van der Waals surface area contributed by atoms with Gasteiger partial charge in [-0.25, -0.2) is 4.79 Å². The number of aliphatic hydroxyl groups is 1. The quantitative estimate of drug-likeness (QED) is 0.748. The van der Waals surface area contributed by atoms with Crippen molar-refractivity contribution in [3.63, 3.8) is 0 Å². The predicted molar refractivity (Wildman–Crippen MR) is 93.2 cm³/mol. The molecule has 132 valence electrons. The number of carboxylic acids is 1. The Balaban J connectivity index is 2.27. The van der Waals surface area contributed by atoms with Gasteiger partial charge in [-0.3, -0.25) is 0 Å². The number of aliphatic carboxylic acids is 1. The third-order valence-corrected chi connectivity index (χ3v) is 6.84. The molecule has 0 heterocycles. The number of aliphatic hydroxyl groups excluding tert-OH is 1. The van der Waals surface area contributed by atoms with Crippen LogP contribution in [0.1, 0.15) is 72.6 Å². The molecule has 4 atom stereocenters. The average molecular weight is 322 g/mol. The maximum atomic E-state index is 11.8. The second-order valence-corrected chi connectivity index (χ2v) is 8.85. The fourth-order valence-corrected chi connectivity index (χ4v) is 5.45. The zero-order valence-corrected chi connectivity index (χ0v) is 15.3. The molecular formula is C20H34O3. The van der Waals surface area contributed by atoms with E-state index in [1.807, 2.05) is 6.08 Å². The van der Waals surface area contributed by atoms with Gasteiger partial charge in [-0.2, -0.15) is 0 Å². The summed E-state index contributed by atoms with van der Waals surface area (Å²) in [5.74, 6) is 0.452. The molecule has 2 aliphatic rings. The Morgan fingerprint density at radius 3 is 2.61 bits per heavy atom. The summed E-state index contributed by atoms with van der Waals surface area (Å²) < 4.78 is 0. The summed E-state index contributed by atoms with van der Waals surface area (Å²) in [5, 5.41) is 18.8. The zero-order valence-electron chi connectivity index (χ0n) is 15.3. The summed E-state index contributed by atoms with van der Waals surface area (Å²) in [6.45, 7) is 9.45. The van der Waals surface area contributed by atoms with Gasteiger partial charge < -0.3 is 10.2 Å². The van der Waals surface area contributed by atoms with Crippen LogP contribution in [-0.2, 0) is 4.79 Å². The lowest BCUT2D eigenvalue weighted by Crippen LogP contribution is -2.49. The van der Waals surface area contributed by atoms with Crippen LogP contribution in [0.5, 0.6) is 0 Å². The van der Waals surface area contributed by atoms with Crippen molar-refractivity contribution in [1.82, 2.24) is 0 Å². The minimum Gasteiger partial charge on any atom is -0.478 e. The van der Waals surface area contributed by atoms with E-state index < -0.39 is 5.97 Å². The van der Waals surface area contributed by atoms with Crippen LogP contribution in [0.3, 0.4) is 0 Å². The summed E-state index contributed by atoms with van der Waals surface area (Å²) in [7, 11) is 0. The summed E-state index contributed by atoms with van der Waals surface area (Å²) in [5.41, 5.74) is 1.05. The largest absolute Gasteiger partial charge is 0.478 e. The highest BCUT2D eigenvalue weighted by Gasteiger charge is 2.53. The Kier molecular flexibility index (Phi) is 5.60. The molecule has 0 unspecified atom stereocenters. The Labute approximate surface area is 141 Å². The van der Waals surface area contributed by atoms with Crippen molar-refractivity contribution in [2.24, 2.45) is 28.6 Å². The van der Waals surface area contributed by atoms with E-state index in [2.05, 4.69) is 27.7 Å². The molecule has 0 aromatic heterocycles. The fourth-order valence-electron chi connectivity index (χ4n) is 5.45. The first kappa shape index (κ1) is 18.5. The monoisotopic (exact) mass is 322 g/mol. The van der Waals surface area contributed by atoms with Gasteiger partial charge in [0.2, 0.25) is 0 Å². The number of rotatable bonds is 6. The van der Waals surface area contributed by atoms with Crippen molar-refractivity contribution in [2.75, 3.05) is 6.61 Å². The first-order valence-corrected chi connectivity index (χ1v) is 9.26. The minimum atomic E-state index is -0.729. The molecule has 0 saturated heterocycles. The Bertz CT molecular complexity index is 466. The highest BCUT2D eigenvalue weighted by Crippen LogP contribution is 2.60. The summed E-state index contributed by atoms with van der Waals surface area (Å²) in [6.07, 6.45) is 9.26. The van der Waals surface area contributed by atoms with Crippen molar-refractivity contribution in [3.8, 4) is 0 Å². The van der Waals surface area contributed by atoms with Gasteiger partial charge in [0.05, 0.1) is 0 Å². The van der Waals surface area contributed by atoms with Gasteiger partial charge in [0, 0.05) is 12.2 Å². The molecule has 0 aromatic rings. The van der Waals surface area contributed by atoms with E-state index in [9.17, 15) is 9.90 Å². The Morgan fingerprint density at radius 2 is 2.00 bits per heavy atom. The van der Waals surface area contributed by atoms with Gasteiger partial charge >= 0.3 is 5.97 Å². The summed E-state index contributed by atoms with van der Waals surface area (Å²) in [6, 6.07) is 0. The molecule has 1 fully saturated rings. The van der Waals surface area contributed by atoms with E-state index in [0.29, 0.717) is 22.8 Å². The third kappa shape index (κ3) is 3.65. The van der Waals surface area contributed by atoms with Crippen LogP contribution in [0.2, 0.25) is 0 Å². The Hall–Kier alpha value is -0.830. The van der Waals surface area contributed by atoms with Crippen molar-refractivity contribution >= 4 is 5.97 Å². The second kappa shape index (κ2) is 6.96. The molecule has 2 rings (SSSR count). The number of allylic oxidation sites excluding steroid dienone is 1. The fraction of sp³-hybridized carbons (Fsp3) is 0.850. The average Bonchev–Trinajstić information content (AvgIpc) is 2.44. The summed E-state index contributed by atoms with van der Waals surface area (Å²) >= 11 is 0. The highest BCUT2D eigenvalue weighted by atomic mass is 16.4. The standard InChI is InChI=1S/C20H34O3/c1-14(10-13-21)6-8-16-15(18(22)23)7-9-17-19(2,3)11-5-12-20(16,17)4/h7,14,16-17,21H,5-6,8-13H2,1-4H3,(H,22,23)/t14-,16-,17-,20+/m0/s1. The van der Waals surface area contributed by atoms with Crippen molar-refractivity contribution in [2.45, 2.75) is 72.6 Å². The van der Waals surface area contributed by atoms with E-state index in [-0.39, 0.29) is 17.9 Å². The van der Waals surface area contributed by atoms with Crippen LogP contribution in [0.4, 0.5) is 0 Å². The zero-order chi connectivity index (χ0) is 17.3. The van der Waals surface area contributed by atoms with Gasteiger partial charge in [-0.15, -0.1) is 0 Å². The normalized spacial score (nSPS) is 34.4. The van der Waals surface area contributed by atoms with E-state index in [4.69, 9.17) is 5.11 Å². The van der Waals surface area contributed by atoms with Crippen LogP contribution in [-0.4, -0.2) is 22.8 Å². The van der Waals surface area contributed by atoms with Gasteiger partial charge in [-0.1, -0.05) is 46.6 Å². The van der Waals surface area contributed by atoms with E-state index in [1.54, 1.807) is 0 Å². The van der Waals surface area contributed by atoms with Crippen LogP contribution < -0.4 is 0 Å². The first-order valence-electron chi connectivity index (χ1n) is 9.26. The molecule has 0 amide bonds.